The van der Waals surface area contributed by atoms with E-state index in [4.69, 9.17) is 4.74 Å². The minimum Gasteiger partial charge on any atom is -0.452 e. The van der Waals surface area contributed by atoms with Gasteiger partial charge in [0.1, 0.15) is 11.6 Å². The number of carbonyl (C=O) groups excluding carboxylic acids is 2. The molecule has 1 N–H and O–H groups in total. The molecule has 1 amide bonds. The summed E-state index contributed by atoms with van der Waals surface area (Å²) in [7, 11) is 0. The fourth-order valence-electron chi connectivity index (χ4n) is 1.67. The zero-order valence-corrected chi connectivity index (χ0v) is 12.0. The number of amides is 1. The maximum absolute atomic E-state index is 13.3. The molecule has 0 fully saturated rings. The minimum atomic E-state index is -0.738. The summed E-state index contributed by atoms with van der Waals surface area (Å²) in [6, 6.07) is 11.1. The molecule has 0 radical (unpaired) electrons. The number of rotatable bonds is 5. The molecule has 0 unspecified atom stereocenters. The van der Waals surface area contributed by atoms with Crippen molar-refractivity contribution in [1.82, 2.24) is 0 Å². The van der Waals surface area contributed by atoms with Crippen LogP contribution in [0.4, 0.5) is 14.5 Å². The molecule has 0 spiro atoms. The molecule has 23 heavy (non-hydrogen) atoms. The van der Waals surface area contributed by atoms with Crippen LogP contribution >= 0.6 is 0 Å². The number of halogens is 2. The lowest BCUT2D eigenvalue weighted by Gasteiger charge is -2.06. The summed E-state index contributed by atoms with van der Waals surface area (Å²) in [5, 5.41) is 2.29. The first kappa shape index (κ1) is 16.4. The molecule has 6 heteroatoms. The second kappa shape index (κ2) is 7.84. The van der Waals surface area contributed by atoms with E-state index in [1.165, 1.54) is 48.5 Å². The van der Waals surface area contributed by atoms with Crippen molar-refractivity contribution in [2.24, 2.45) is 0 Å². The van der Waals surface area contributed by atoms with E-state index in [1.807, 2.05) is 0 Å². The van der Waals surface area contributed by atoms with Crippen LogP contribution in [0.5, 0.6) is 0 Å². The highest BCUT2D eigenvalue weighted by Gasteiger charge is 2.08. The quantitative estimate of drug-likeness (QED) is 0.681. The van der Waals surface area contributed by atoms with Gasteiger partial charge < -0.3 is 10.1 Å². The molecule has 0 saturated heterocycles. The molecule has 0 atom stereocenters. The van der Waals surface area contributed by atoms with Crippen molar-refractivity contribution in [2.75, 3.05) is 11.9 Å². The van der Waals surface area contributed by atoms with Crippen LogP contribution < -0.4 is 5.32 Å². The van der Waals surface area contributed by atoms with E-state index in [0.717, 1.165) is 6.08 Å². The second-order valence-electron chi connectivity index (χ2n) is 4.52. The largest absolute Gasteiger partial charge is 0.452 e. The van der Waals surface area contributed by atoms with Gasteiger partial charge in [-0.1, -0.05) is 24.3 Å². The molecule has 4 nitrogen and oxygen atoms in total. The SMILES string of the molecule is O=C(COC(=O)/C=C/c1ccc(F)cc1)Nc1ccccc1F. The lowest BCUT2D eigenvalue weighted by molar-refractivity contribution is -0.142. The summed E-state index contributed by atoms with van der Waals surface area (Å²) >= 11 is 0. The highest BCUT2D eigenvalue weighted by atomic mass is 19.1. The number of para-hydroxylation sites is 1. The van der Waals surface area contributed by atoms with Gasteiger partial charge in [-0.25, -0.2) is 13.6 Å². The van der Waals surface area contributed by atoms with Crippen LogP contribution in [0, 0.1) is 11.6 Å². The zero-order valence-electron chi connectivity index (χ0n) is 12.0. The van der Waals surface area contributed by atoms with Gasteiger partial charge in [0, 0.05) is 6.08 Å². The van der Waals surface area contributed by atoms with Crippen LogP contribution in [0.3, 0.4) is 0 Å². The van der Waals surface area contributed by atoms with Crippen molar-refractivity contribution in [2.45, 2.75) is 0 Å². The lowest BCUT2D eigenvalue weighted by atomic mass is 10.2. The normalized spacial score (nSPS) is 10.5. The number of esters is 1. The van der Waals surface area contributed by atoms with Gasteiger partial charge in [0.25, 0.3) is 5.91 Å². The molecule has 0 heterocycles. The Kier molecular flexibility index (Phi) is 5.57. The molecule has 118 valence electrons. The van der Waals surface area contributed by atoms with Crippen LogP contribution in [-0.2, 0) is 14.3 Å². The van der Waals surface area contributed by atoms with E-state index in [2.05, 4.69) is 5.32 Å². The van der Waals surface area contributed by atoms with E-state index in [1.54, 1.807) is 6.07 Å². The van der Waals surface area contributed by atoms with Gasteiger partial charge in [0.05, 0.1) is 5.69 Å². The predicted molar refractivity (Wildman–Crippen MR) is 81.4 cm³/mol. The average Bonchev–Trinajstić information content (AvgIpc) is 2.54. The third-order valence-corrected chi connectivity index (χ3v) is 2.78. The van der Waals surface area contributed by atoms with Gasteiger partial charge in [-0.3, -0.25) is 4.79 Å². The first-order chi connectivity index (χ1) is 11.0. The average molecular weight is 317 g/mol. The smallest absolute Gasteiger partial charge is 0.331 e. The minimum absolute atomic E-state index is 0.00963. The van der Waals surface area contributed by atoms with Crippen molar-refractivity contribution in [1.29, 1.82) is 0 Å². The molecule has 0 aliphatic carbocycles. The highest BCUT2D eigenvalue weighted by Crippen LogP contribution is 2.12. The Morgan fingerprint density at radius 1 is 1.04 bits per heavy atom. The molecule has 2 aromatic rings. The molecule has 2 aromatic carbocycles. The van der Waals surface area contributed by atoms with E-state index in [9.17, 15) is 18.4 Å². The van der Waals surface area contributed by atoms with Crippen molar-refractivity contribution in [3.63, 3.8) is 0 Å². The van der Waals surface area contributed by atoms with Gasteiger partial charge >= 0.3 is 5.97 Å². The van der Waals surface area contributed by atoms with E-state index in [-0.39, 0.29) is 11.5 Å². The van der Waals surface area contributed by atoms with Crippen LogP contribution in [-0.4, -0.2) is 18.5 Å². The Morgan fingerprint density at radius 3 is 2.43 bits per heavy atom. The number of ether oxygens (including phenoxy) is 1. The van der Waals surface area contributed by atoms with Gasteiger partial charge in [0.2, 0.25) is 0 Å². The third-order valence-electron chi connectivity index (χ3n) is 2.78. The summed E-state index contributed by atoms with van der Waals surface area (Å²) in [4.78, 5) is 23.0. The maximum atomic E-state index is 13.3. The number of hydrogen-bond donors (Lipinski definition) is 1. The van der Waals surface area contributed by atoms with Gasteiger partial charge in [-0.05, 0) is 35.9 Å². The fourth-order valence-corrected chi connectivity index (χ4v) is 1.67. The Labute approximate surface area is 131 Å². The number of carbonyl (C=O) groups is 2. The van der Waals surface area contributed by atoms with E-state index < -0.39 is 24.3 Å². The third kappa shape index (κ3) is 5.35. The van der Waals surface area contributed by atoms with Crippen molar-refractivity contribution in [3.8, 4) is 0 Å². The van der Waals surface area contributed by atoms with Crippen LogP contribution in [0.25, 0.3) is 6.08 Å². The standard InChI is InChI=1S/C17H13F2NO3/c18-13-8-5-12(6-9-13)7-10-17(22)23-11-16(21)20-15-4-2-1-3-14(15)19/h1-10H,11H2,(H,20,21)/b10-7+. The van der Waals surface area contributed by atoms with Crippen molar-refractivity contribution in [3.05, 3.63) is 71.8 Å². The molecular formula is C17H13F2NO3. The topological polar surface area (TPSA) is 55.4 Å². The number of anilines is 1. The predicted octanol–water partition coefficient (Wildman–Crippen LogP) is 3.16. The van der Waals surface area contributed by atoms with Gasteiger partial charge in [-0.2, -0.15) is 0 Å². The van der Waals surface area contributed by atoms with E-state index >= 15 is 0 Å². The molecule has 2 rings (SSSR count). The fraction of sp³-hybridized carbons (Fsp3) is 0.0588. The summed E-state index contributed by atoms with van der Waals surface area (Å²) in [6.07, 6.45) is 2.54. The molecule has 0 aromatic heterocycles. The first-order valence-corrected chi connectivity index (χ1v) is 6.69. The summed E-state index contributed by atoms with van der Waals surface area (Å²) in [5.74, 6) is -2.35. The van der Waals surface area contributed by atoms with Crippen LogP contribution in [0.2, 0.25) is 0 Å². The highest BCUT2D eigenvalue weighted by molar-refractivity contribution is 5.94. The molecule has 0 aliphatic rings. The number of nitrogens with one attached hydrogen (secondary N) is 1. The summed E-state index contributed by atoms with van der Waals surface area (Å²) in [6.45, 7) is -0.541. The van der Waals surface area contributed by atoms with E-state index in [0.29, 0.717) is 5.56 Å². The van der Waals surface area contributed by atoms with Crippen molar-refractivity contribution < 1.29 is 23.1 Å². The molecular weight excluding hydrogens is 304 g/mol. The van der Waals surface area contributed by atoms with Crippen LogP contribution in [0.15, 0.2) is 54.6 Å². The molecule has 0 bridgehead atoms. The van der Waals surface area contributed by atoms with Crippen molar-refractivity contribution >= 4 is 23.6 Å². The Balaban J connectivity index is 1.81. The summed E-state index contributed by atoms with van der Waals surface area (Å²) < 4.78 is 30.8. The van der Waals surface area contributed by atoms with Crippen LogP contribution in [0.1, 0.15) is 5.56 Å². The van der Waals surface area contributed by atoms with Gasteiger partial charge in [-0.15, -0.1) is 0 Å². The number of hydrogen-bond acceptors (Lipinski definition) is 3. The first-order valence-electron chi connectivity index (χ1n) is 6.69. The number of benzene rings is 2. The second-order valence-corrected chi connectivity index (χ2v) is 4.52. The summed E-state index contributed by atoms with van der Waals surface area (Å²) in [5.41, 5.74) is 0.620. The molecule has 0 saturated carbocycles. The monoisotopic (exact) mass is 317 g/mol. The lowest BCUT2D eigenvalue weighted by Crippen LogP contribution is -2.20. The maximum Gasteiger partial charge on any atom is 0.331 e. The van der Waals surface area contributed by atoms with Gasteiger partial charge in [0.15, 0.2) is 6.61 Å². The Morgan fingerprint density at radius 2 is 1.74 bits per heavy atom. The Hall–Kier alpha value is -3.02. The molecule has 0 aliphatic heterocycles. The Bertz CT molecular complexity index is 727. The zero-order chi connectivity index (χ0) is 16.7.